The summed E-state index contributed by atoms with van der Waals surface area (Å²) in [6, 6.07) is 13.0. The zero-order valence-corrected chi connectivity index (χ0v) is 14.4. The second-order valence-electron chi connectivity index (χ2n) is 6.32. The van der Waals surface area contributed by atoms with Gasteiger partial charge in [0, 0.05) is 22.5 Å². The van der Waals surface area contributed by atoms with Crippen LogP contribution in [-0.4, -0.2) is 20.4 Å². The highest BCUT2D eigenvalue weighted by Gasteiger charge is 2.17. The molecule has 0 saturated carbocycles. The molecular weight excluding hydrogens is 296 g/mol. The molecule has 4 heteroatoms. The minimum Gasteiger partial charge on any atom is -0.282 e. The standard InChI is InChI=1S/C20H20N4/c1-11-19(12(2)22-21-11)17-9-10-18(16-8-6-5-7-15(16)17)20-13(3)23-24-14(20)4/h5-10H,1-4H3,(H,21,22)(H,23,24). The predicted octanol–water partition coefficient (Wildman–Crippen LogP) is 4.85. The first-order valence-electron chi connectivity index (χ1n) is 8.13. The predicted molar refractivity (Wildman–Crippen MR) is 98.1 cm³/mol. The molecule has 2 aromatic carbocycles. The number of aryl methyl sites for hydroxylation is 4. The smallest absolute Gasteiger partial charge is 0.0672 e. The molecule has 0 amide bonds. The van der Waals surface area contributed by atoms with Crippen LogP contribution in [0.3, 0.4) is 0 Å². The van der Waals surface area contributed by atoms with Crippen LogP contribution in [-0.2, 0) is 0 Å². The molecule has 0 bridgehead atoms. The van der Waals surface area contributed by atoms with Crippen LogP contribution in [0.4, 0.5) is 0 Å². The van der Waals surface area contributed by atoms with E-state index in [-0.39, 0.29) is 0 Å². The summed E-state index contributed by atoms with van der Waals surface area (Å²) in [5, 5.41) is 17.4. The summed E-state index contributed by atoms with van der Waals surface area (Å²) in [4.78, 5) is 0. The lowest BCUT2D eigenvalue weighted by Crippen LogP contribution is -1.89. The Bertz CT molecular complexity index is 929. The Morgan fingerprint density at radius 1 is 0.625 bits per heavy atom. The monoisotopic (exact) mass is 316 g/mol. The molecule has 4 rings (SSSR count). The van der Waals surface area contributed by atoms with E-state index < -0.39 is 0 Å². The molecule has 120 valence electrons. The Labute approximate surface area is 140 Å². The summed E-state index contributed by atoms with van der Waals surface area (Å²) >= 11 is 0. The Balaban J connectivity index is 2.07. The third-order valence-corrected chi connectivity index (χ3v) is 4.72. The number of rotatable bonds is 2. The van der Waals surface area contributed by atoms with Gasteiger partial charge in [0.1, 0.15) is 0 Å². The summed E-state index contributed by atoms with van der Waals surface area (Å²) < 4.78 is 0. The van der Waals surface area contributed by atoms with Crippen molar-refractivity contribution in [3.05, 3.63) is 59.2 Å². The second-order valence-corrected chi connectivity index (χ2v) is 6.32. The van der Waals surface area contributed by atoms with Gasteiger partial charge in [0.2, 0.25) is 0 Å². The summed E-state index contributed by atoms with van der Waals surface area (Å²) in [7, 11) is 0. The highest BCUT2D eigenvalue weighted by Crippen LogP contribution is 2.38. The molecule has 0 aliphatic carbocycles. The van der Waals surface area contributed by atoms with Crippen molar-refractivity contribution in [1.82, 2.24) is 20.4 Å². The lowest BCUT2D eigenvalue weighted by molar-refractivity contribution is 1.02. The summed E-state index contributed by atoms with van der Waals surface area (Å²) in [6.07, 6.45) is 0. The molecule has 4 aromatic rings. The SMILES string of the molecule is Cc1n[nH]c(C)c1-c1ccc(-c2c(C)n[nH]c2C)c2ccccc12. The van der Waals surface area contributed by atoms with E-state index in [1.807, 2.05) is 13.8 Å². The van der Waals surface area contributed by atoms with Crippen molar-refractivity contribution in [2.45, 2.75) is 27.7 Å². The third-order valence-electron chi connectivity index (χ3n) is 4.72. The highest BCUT2D eigenvalue weighted by atomic mass is 15.1. The molecule has 4 nitrogen and oxygen atoms in total. The molecule has 2 N–H and O–H groups in total. The molecule has 0 aliphatic heterocycles. The van der Waals surface area contributed by atoms with E-state index in [2.05, 4.69) is 70.6 Å². The molecule has 0 fully saturated rings. The molecule has 0 spiro atoms. The highest BCUT2D eigenvalue weighted by molar-refractivity contribution is 6.05. The molecular formula is C20H20N4. The molecule has 0 atom stereocenters. The van der Waals surface area contributed by atoms with Gasteiger partial charge in [-0.2, -0.15) is 10.2 Å². The number of nitrogens with zero attached hydrogens (tertiary/aromatic N) is 2. The van der Waals surface area contributed by atoms with Crippen molar-refractivity contribution in [2.24, 2.45) is 0 Å². The summed E-state index contributed by atoms with van der Waals surface area (Å²) in [6.45, 7) is 8.24. The number of aromatic nitrogens is 4. The number of hydrogen-bond acceptors (Lipinski definition) is 2. The van der Waals surface area contributed by atoms with Crippen LogP contribution in [0.1, 0.15) is 22.8 Å². The van der Waals surface area contributed by atoms with Crippen molar-refractivity contribution in [3.63, 3.8) is 0 Å². The van der Waals surface area contributed by atoms with Crippen molar-refractivity contribution < 1.29 is 0 Å². The average Bonchev–Trinajstić information content (AvgIpc) is 3.09. The summed E-state index contributed by atoms with van der Waals surface area (Å²) in [5.41, 5.74) is 9.08. The van der Waals surface area contributed by atoms with Crippen LogP contribution in [0.25, 0.3) is 33.0 Å². The largest absolute Gasteiger partial charge is 0.282 e. The van der Waals surface area contributed by atoms with Gasteiger partial charge in [0.15, 0.2) is 0 Å². The van der Waals surface area contributed by atoms with Gasteiger partial charge in [0.05, 0.1) is 11.4 Å². The molecule has 0 unspecified atom stereocenters. The minimum atomic E-state index is 1.03. The number of benzene rings is 2. The number of fused-ring (bicyclic) bond motifs is 1. The first-order valence-corrected chi connectivity index (χ1v) is 8.13. The van der Waals surface area contributed by atoms with Crippen molar-refractivity contribution >= 4 is 10.8 Å². The molecule has 0 aliphatic rings. The quantitative estimate of drug-likeness (QED) is 0.555. The van der Waals surface area contributed by atoms with E-state index in [0.29, 0.717) is 0 Å². The lowest BCUT2D eigenvalue weighted by atomic mass is 9.91. The minimum absolute atomic E-state index is 1.03. The molecule has 2 heterocycles. The van der Waals surface area contributed by atoms with E-state index in [4.69, 9.17) is 0 Å². The lowest BCUT2D eigenvalue weighted by Gasteiger charge is -2.12. The summed E-state index contributed by atoms with van der Waals surface area (Å²) in [5.74, 6) is 0. The van der Waals surface area contributed by atoms with Crippen molar-refractivity contribution in [2.75, 3.05) is 0 Å². The second kappa shape index (κ2) is 5.34. The first kappa shape index (κ1) is 14.7. The van der Waals surface area contributed by atoms with Crippen molar-refractivity contribution in [3.8, 4) is 22.3 Å². The third kappa shape index (κ3) is 2.07. The van der Waals surface area contributed by atoms with Crippen LogP contribution in [0, 0.1) is 27.7 Å². The maximum Gasteiger partial charge on any atom is 0.0672 e. The van der Waals surface area contributed by atoms with Gasteiger partial charge in [-0.1, -0.05) is 36.4 Å². The Kier molecular flexibility index (Phi) is 3.27. The molecule has 24 heavy (non-hydrogen) atoms. The van der Waals surface area contributed by atoms with E-state index in [1.54, 1.807) is 0 Å². The van der Waals surface area contributed by atoms with E-state index in [9.17, 15) is 0 Å². The van der Waals surface area contributed by atoms with Gasteiger partial charge in [0.25, 0.3) is 0 Å². The number of nitrogens with one attached hydrogen (secondary N) is 2. The van der Waals surface area contributed by atoms with Crippen LogP contribution < -0.4 is 0 Å². The maximum atomic E-state index is 4.36. The van der Waals surface area contributed by atoms with Crippen LogP contribution in [0.2, 0.25) is 0 Å². The first-order chi connectivity index (χ1) is 11.6. The Hall–Kier alpha value is -2.88. The van der Waals surface area contributed by atoms with Gasteiger partial charge >= 0.3 is 0 Å². The van der Waals surface area contributed by atoms with Crippen LogP contribution in [0.5, 0.6) is 0 Å². The van der Waals surface area contributed by atoms with Gasteiger partial charge in [-0.15, -0.1) is 0 Å². The maximum absolute atomic E-state index is 4.36. The Morgan fingerprint density at radius 2 is 1.04 bits per heavy atom. The molecule has 0 radical (unpaired) electrons. The average molecular weight is 316 g/mol. The van der Waals surface area contributed by atoms with Crippen LogP contribution >= 0.6 is 0 Å². The van der Waals surface area contributed by atoms with E-state index >= 15 is 0 Å². The van der Waals surface area contributed by atoms with E-state index in [0.717, 1.165) is 22.8 Å². The number of aromatic amines is 2. The molecule has 2 aromatic heterocycles. The fourth-order valence-corrected chi connectivity index (χ4v) is 3.63. The Morgan fingerprint density at radius 3 is 1.38 bits per heavy atom. The van der Waals surface area contributed by atoms with E-state index in [1.165, 1.54) is 33.0 Å². The van der Waals surface area contributed by atoms with Crippen molar-refractivity contribution in [1.29, 1.82) is 0 Å². The zero-order valence-electron chi connectivity index (χ0n) is 14.4. The topological polar surface area (TPSA) is 57.4 Å². The zero-order chi connectivity index (χ0) is 16.8. The molecule has 0 saturated heterocycles. The van der Waals surface area contributed by atoms with Gasteiger partial charge in [-0.05, 0) is 49.6 Å². The fraction of sp³-hybridized carbons (Fsp3) is 0.200. The van der Waals surface area contributed by atoms with Crippen LogP contribution in [0.15, 0.2) is 36.4 Å². The van der Waals surface area contributed by atoms with Gasteiger partial charge in [-0.3, -0.25) is 10.2 Å². The number of hydrogen-bond donors (Lipinski definition) is 2. The van der Waals surface area contributed by atoms with Gasteiger partial charge < -0.3 is 0 Å². The normalized spacial score (nSPS) is 11.3. The fourth-order valence-electron chi connectivity index (χ4n) is 3.63. The number of H-pyrrole nitrogens is 2. The van der Waals surface area contributed by atoms with Gasteiger partial charge in [-0.25, -0.2) is 0 Å².